The Kier molecular flexibility index (Phi) is 6.92. The van der Waals surface area contributed by atoms with E-state index in [1.54, 1.807) is 6.33 Å². The molecule has 0 saturated heterocycles. The third kappa shape index (κ3) is 5.51. The predicted molar refractivity (Wildman–Crippen MR) is 135 cm³/mol. The van der Waals surface area contributed by atoms with Gasteiger partial charge >= 0.3 is 0 Å². The maximum atomic E-state index is 12.9. The van der Waals surface area contributed by atoms with Crippen LogP contribution in [0.1, 0.15) is 43.4 Å². The SMILES string of the molecule is C=C1Cc2ccc(C)cc2Nc2ncnc3ccc(cc23)CCCCNC(=O)C(C(C)C)N1. The lowest BCUT2D eigenvalue weighted by Gasteiger charge is -2.24. The third-order valence-corrected chi connectivity index (χ3v) is 6.12. The van der Waals surface area contributed by atoms with E-state index < -0.39 is 0 Å². The second-order valence-electron chi connectivity index (χ2n) is 9.25. The molecule has 33 heavy (non-hydrogen) atoms. The highest BCUT2D eigenvalue weighted by atomic mass is 16.2. The van der Waals surface area contributed by atoms with Gasteiger partial charge in [-0.25, -0.2) is 9.97 Å². The summed E-state index contributed by atoms with van der Waals surface area (Å²) >= 11 is 0. The molecule has 0 aliphatic carbocycles. The summed E-state index contributed by atoms with van der Waals surface area (Å²) in [5.74, 6) is 0.977. The summed E-state index contributed by atoms with van der Waals surface area (Å²) in [4.78, 5) is 21.9. The van der Waals surface area contributed by atoms with Gasteiger partial charge in [0, 0.05) is 29.7 Å². The summed E-state index contributed by atoms with van der Waals surface area (Å²) < 4.78 is 0. The van der Waals surface area contributed by atoms with Gasteiger partial charge in [0.2, 0.25) is 5.91 Å². The number of carbonyl (C=O) groups excluding carboxylic acids is 1. The van der Waals surface area contributed by atoms with Crippen LogP contribution < -0.4 is 16.0 Å². The molecule has 6 heteroatoms. The number of aromatic nitrogens is 2. The molecule has 1 unspecified atom stereocenters. The lowest BCUT2D eigenvalue weighted by atomic mass is 10.0. The lowest BCUT2D eigenvalue weighted by molar-refractivity contribution is -0.123. The van der Waals surface area contributed by atoms with Crippen LogP contribution in [0.5, 0.6) is 0 Å². The zero-order valence-corrected chi connectivity index (χ0v) is 19.7. The van der Waals surface area contributed by atoms with Gasteiger partial charge in [-0.05, 0) is 67.0 Å². The van der Waals surface area contributed by atoms with Gasteiger partial charge in [-0.2, -0.15) is 0 Å². The summed E-state index contributed by atoms with van der Waals surface area (Å²) in [5, 5.41) is 11.1. The van der Waals surface area contributed by atoms with Gasteiger partial charge in [-0.3, -0.25) is 4.79 Å². The van der Waals surface area contributed by atoms with Gasteiger partial charge in [0.15, 0.2) is 0 Å². The number of carbonyl (C=O) groups is 1. The van der Waals surface area contributed by atoms with E-state index >= 15 is 0 Å². The van der Waals surface area contributed by atoms with Crippen molar-refractivity contribution in [3.8, 4) is 0 Å². The van der Waals surface area contributed by atoms with Gasteiger partial charge in [0.25, 0.3) is 0 Å². The van der Waals surface area contributed by atoms with Crippen LogP contribution in [0.2, 0.25) is 0 Å². The topological polar surface area (TPSA) is 78.9 Å². The Bertz CT molecular complexity index is 1170. The van der Waals surface area contributed by atoms with Crippen molar-refractivity contribution in [3.05, 3.63) is 71.7 Å². The Morgan fingerprint density at radius 1 is 1.09 bits per heavy atom. The molecule has 2 aromatic carbocycles. The molecule has 3 aromatic rings. The van der Waals surface area contributed by atoms with E-state index in [2.05, 4.69) is 89.7 Å². The van der Waals surface area contributed by atoms with E-state index in [4.69, 9.17) is 0 Å². The van der Waals surface area contributed by atoms with Crippen molar-refractivity contribution in [2.75, 3.05) is 11.9 Å². The first-order valence-electron chi connectivity index (χ1n) is 11.7. The Hall–Kier alpha value is -3.41. The number of nitrogens with one attached hydrogen (secondary N) is 3. The fourth-order valence-electron chi connectivity index (χ4n) is 4.26. The average molecular weight is 444 g/mol. The van der Waals surface area contributed by atoms with Crippen LogP contribution in [0.4, 0.5) is 11.5 Å². The maximum Gasteiger partial charge on any atom is 0.242 e. The number of hydrogen-bond acceptors (Lipinski definition) is 5. The number of aryl methyl sites for hydroxylation is 2. The molecule has 3 N–H and O–H groups in total. The minimum Gasteiger partial charge on any atom is -0.377 e. The second-order valence-corrected chi connectivity index (χ2v) is 9.25. The molecule has 1 aliphatic rings. The standard InChI is InChI=1S/C27H33N5O/c1-17(2)25-27(33)28-12-6-5-7-20-9-11-23-22(15-20)26(30-16-29-23)32-24-13-18(3)8-10-21(24)14-19(4)31-25/h8-11,13,15-17,25,31H,4-7,12,14H2,1-3H3,(H,28,33)(H,29,30,32). The van der Waals surface area contributed by atoms with Crippen molar-refractivity contribution in [2.45, 2.75) is 52.5 Å². The summed E-state index contributed by atoms with van der Waals surface area (Å²) in [5.41, 5.74) is 6.21. The average Bonchev–Trinajstić information content (AvgIpc) is 2.78. The summed E-state index contributed by atoms with van der Waals surface area (Å²) in [7, 11) is 0. The maximum absolute atomic E-state index is 12.9. The predicted octanol–water partition coefficient (Wildman–Crippen LogP) is 4.80. The first-order chi connectivity index (χ1) is 15.9. The highest BCUT2D eigenvalue weighted by Crippen LogP contribution is 2.28. The van der Waals surface area contributed by atoms with E-state index in [1.165, 1.54) is 5.56 Å². The highest BCUT2D eigenvalue weighted by Gasteiger charge is 2.22. The quantitative estimate of drug-likeness (QED) is 0.503. The van der Waals surface area contributed by atoms with E-state index in [1.807, 2.05) is 0 Å². The van der Waals surface area contributed by atoms with Crippen LogP contribution in [0.25, 0.3) is 10.9 Å². The van der Waals surface area contributed by atoms with Crippen molar-refractivity contribution in [1.29, 1.82) is 0 Å². The molecule has 1 amide bonds. The molecule has 0 fully saturated rings. The summed E-state index contributed by atoms with van der Waals surface area (Å²) in [6.07, 6.45) is 5.08. The molecule has 4 rings (SSSR count). The molecule has 2 bridgehead atoms. The van der Waals surface area contributed by atoms with Crippen molar-refractivity contribution in [2.24, 2.45) is 5.92 Å². The Balaban J connectivity index is 1.73. The molecule has 0 radical (unpaired) electrons. The van der Waals surface area contributed by atoms with E-state index in [0.717, 1.165) is 58.5 Å². The minimum absolute atomic E-state index is 0.0295. The summed E-state index contributed by atoms with van der Waals surface area (Å²) in [6.45, 7) is 11.1. The van der Waals surface area contributed by atoms with Crippen molar-refractivity contribution >= 4 is 28.3 Å². The number of fused-ring (bicyclic) bond motifs is 2. The number of anilines is 2. The Morgan fingerprint density at radius 2 is 1.94 bits per heavy atom. The lowest BCUT2D eigenvalue weighted by Crippen LogP contribution is -2.47. The monoisotopic (exact) mass is 443 g/mol. The summed E-state index contributed by atoms with van der Waals surface area (Å²) in [6, 6.07) is 12.4. The van der Waals surface area contributed by atoms with Crippen LogP contribution in [0.3, 0.4) is 0 Å². The zero-order valence-electron chi connectivity index (χ0n) is 19.7. The molecule has 172 valence electrons. The van der Waals surface area contributed by atoms with Gasteiger partial charge in [-0.15, -0.1) is 0 Å². The van der Waals surface area contributed by atoms with Gasteiger partial charge in [-0.1, -0.05) is 38.6 Å². The number of rotatable bonds is 1. The largest absolute Gasteiger partial charge is 0.377 e. The van der Waals surface area contributed by atoms with Crippen LogP contribution in [-0.4, -0.2) is 28.5 Å². The smallest absolute Gasteiger partial charge is 0.242 e. The van der Waals surface area contributed by atoms with Crippen molar-refractivity contribution in [1.82, 2.24) is 20.6 Å². The number of benzene rings is 2. The molecule has 0 spiro atoms. The normalized spacial score (nSPS) is 17.8. The first kappa shape index (κ1) is 22.8. The second kappa shape index (κ2) is 10.0. The fraction of sp³-hybridized carbons (Fsp3) is 0.370. The van der Waals surface area contributed by atoms with E-state index in [9.17, 15) is 4.79 Å². The zero-order chi connectivity index (χ0) is 23.4. The number of nitrogens with zero attached hydrogens (tertiary/aromatic N) is 2. The minimum atomic E-state index is -0.313. The number of allylic oxidation sites excluding steroid dienone is 1. The molecule has 6 nitrogen and oxygen atoms in total. The van der Waals surface area contributed by atoms with Crippen LogP contribution in [0.15, 0.2) is 55.0 Å². The van der Waals surface area contributed by atoms with E-state index in [0.29, 0.717) is 13.0 Å². The van der Waals surface area contributed by atoms with Gasteiger partial charge < -0.3 is 16.0 Å². The Labute approximate surface area is 195 Å². The molecule has 1 aliphatic heterocycles. The van der Waals surface area contributed by atoms with Gasteiger partial charge in [0.1, 0.15) is 18.2 Å². The van der Waals surface area contributed by atoms with Gasteiger partial charge in [0.05, 0.1) is 5.52 Å². The number of amides is 1. The first-order valence-corrected chi connectivity index (χ1v) is 11.7. The molecule has 2 heterocycles. The Morgan fingerprint density at radius 3 is 2.76 bits per heavy atom. The molecule has 0 saturated carbocycles. The fourth-order valence-corrected chi connectivity index (χ4v) is 4.26. The molecule has 1 aromatic heterocycles. The third-order valence-electron chi connectivity index (χ3n) is 6.12. The molecular weight excluding hydrogens is 410 g/mol. The number of hydrogen-bond donors (Lipinski definition) is 3. The van der Waals surface area contributed by atoms with Crippen molar-refractivity contribution in [3.63, 3.8) is 0 Å². The highest BCUT2D eigenvalue weighted by molar-refractivity contribution is 5.91. The van der Waals surface area contributed by atoms with Crippen LogP contribution in [-0.2, 0) is 17.6 Å². The molecule has 1 atom stereocenters. The van der Waals surface area contributed by atoms with Crippen LogP contribution in [0, 0.1) is 12.8 Å². The van der Waals surface area contributed by atoms with E-state index in [-0.39, 0.29) is 17.9 Å². The van der Waals surface area contributed by atoms with Crippen molar-refractivity contribution < 1.29 is 4.79 Å². The molecular formula is C27H33N5O. The van der Waals surface area contributed by atoms with Crippen LogP contribution >= 0.6 is 0 Å².